The summed E-state index contributed by atoms with van der Waals surface area (Å²) >= 11 is 0. The summed E-state index contributed by atoms with van der Waals surface area (Å²) in [5.41, 5.74) is 10.5. The van der Waals surface area contributed by atoms with E-state index in [1.807, 2.05) is 20.8 Å². The van der Waals surface area contributed by atoms with Crippen molar-refractivity contribution in [1.29, 1.82) is 0 Å². The Labute approximate surface area is 150 Å². The standard InChI is InChI=1S/C17H34N4O4/c1-7-8-14(22)20(4)12(9-10-18)16(24)21(5)13(15(19)23)11-17(2,3)25-6/h12-13H,7-11,18H2,1-6H3,(H2,19,23)/t12-,13+/m1/s1. The van der Waals surface area contributed by atoms with Gasteiger partial charge >= 0.3 is 0 Å². The SMILES string of the molecule is CCCC(=O)N(C)[C@H](CCN)C(=O)N(C)[C@@H](CC(C)(C)OC)C(N)=O. The summed E-state index contributed by atoms with van der Waals surface area (Å²) < 4.78 is 5.34. The zero-order valence-corrected chi connectivity index (χ0v) is 16.4. The van der Waals surface area contributed by atoms with Crippen LogP contribution in [-0.2, 0) is 19.1 Å². The van der Waals surface area contributed by atoms with Crippen LogP contribution in [0.1, 0.15) is 46.5 Å². The lowest BCUT2D eigenvalue weighted by atomic mass is 9.96. The van der Waals surface area contributed by atoms with E-state index in [0.717, 1.165) is 0 Å². The highest BCUT2D eigenvalue weighted by molar-refractivity contribution is 5.91. The van der Waals surface area contributed by atoms with Gasteiger partial charge in [0, 0.05) is 34.0 Å². The van der Waals surface area contributed by atoms with E-state index in [0.29, 0.717) is 19.3 Å². The lowest BCUT2D eigenvalue weighted by Crippen LogP contribution is -2.55. The van der Waals surface area contributed by atoms with Crippen LogP contribution in [0.25, 0.3) is 0 Å². The van der Waals surface area contributed by atoms with E-state index in [-0.39, 0.29) is 24.8 Å². The van der Waals surface area contributed by atoms with Crippen LogP contribution in [0, 0.1) is 0 Å². The fraction of sp³-hybridized carbons (Fsp3) is 0.824. The molecule has 0 heterocycles. The Balaban J connectivity index is 5.43. The van der Waals surface area contributed by atoms with Gasteiger partial charge in [0.05, 0.1) is 5.60 Å². The minimum Gasteiger partial charge on any atom is -0.379 e. The molecule has 2 atom stereocenters. The molecule has 0 saturated heterocycles. The van der Waals surface area contributed by atoms with Crippen LogP contribution >= 0.6 is 0 Å². The highest BCUT2D eigenvalue weighted by atomic mass is 16.5. The van der Waals surface area contributed by atoms with Crippen molar-refractivity contribution in [2.75, 3.05) is 27.7 Å². The van der Waals surface area contributed by atoms with Gasteiger partial charge in [0.2, 0.25) is 17.7 Å². The van der Waals surface area contributed by atoms with Crippen molar-refractivity contribution in [2.24, 2.45) is 11.5 Å². The van der Waals surface area contributed by atoms with Gasteiger partial charge in [0.1, 0.15) is 12.1 Å². The molecule has 0 aliphatic carbocycles. The molecule has 0 bridgehead atoms. The number of nitrogens with zero attached hydrogens (tertiary/aromatic N) is 2. The van der Waals surface area contributed by atoms with E-state index in [9.17, 15) is 14.4 Å². The third-order valence-electron chi connectivity index (χ3n) is 4.43. The second-order valence-electron chi connectivity index (χ2n) is 6.88. The van der Waals surface area contributed by atoms with Gasteiger partial charge in [0.25, 0.3) is 0 Å². The Morgan fingerprint density at radius 2 is 1.68 bits per heavy atom. The van der Waals surface area contributed by atoms with Gasteiger partial charge < -0.3 is 26.0 Å². The number of likely N-dealkylation sites (N-methyl/N-ethyl adjacent to an activating group) is 2. The molecule has 0 saturated carbocycles. The molecule has 0 unspecified atom stereocenters. The summed E-state index contributed by atoms with van der Waals surface area (Å²) in [4.78, 5) is 39.7. The van der Waals surface area contributed by atoms with E-state index in [1.165, 1.54) is 24.0 Å². The van der Waals surface area contributed by atoms with Gasteiger partial charge in [-0.3, -0.25) is 14.4 Å². The van der Waals surface area contributed by atoms with Gasteiger partial charge in [-0.15, -0.1) is 0 Å². The molecule has 0 rings (SSSR count). The predicted molar refractivity (Wildman–Crippen MR) is 96.6 cm³/mol. The summed E-state index contributed by atoms with van der Waals surface area (Å²) in [6, 6.07) is -1.56. The first-order valence-electron chi connectivity index (χ1n) is 8.59. The molecule has 0 aromatic rings. The van der Waals surface area contributed by atoms with Gasteiger partial charge in [-0.2, -0.15) is 0 Å². The normalized spacial score (nSPS) is 13.9. The molecule has 0 aromatic heterocycles. The molecule has 0 radical (unpaired) electrons. The Morgan fingerprint density at radius 1 is 1.12 bits per heavy atom. The van der Waals surface area contributed by atoms with Crippen LogP contribution in [0.5, 0.6) is 0 Å². The minimum atomic E-state index is -0.836. The van der Waals surface area contributed by atoms with Gasteiger partial charge in [-0.25, -0.2) is 0 Å². The largest absolute Gasteiger partial charge is 0.379 e. The highest BCUT2D eigenvalue weighted by Crippen LogP contribution is 2.20. The summed E-state index contributed by atoms with van der Waals surface area (Å²) in [6.07, 6.45) is 1.61. The summed E-state index contributed by atoms with van der Waals surface area (Å²) in [5.74, 6) is -1.10. The molecule has 8 heteroatoms. The molecule has 3 amide bonds. The van der Waals surface area contributed by atoms with E-state index in [2.05, 4.69) is 0 Å². The molecule has 8 nitrogen and oxygen atoms in total. The molecular weight excluding hydrogens is 324 g/mol. The van der Waals surface area contributed by atoms with Crippen LogP contribution in [0.15, 0.2) is 0 Å². The first-order valence-corrected chi connectivity index (χ1v) is 8.59. The Bertz CT molecular complexity index is 468. The van der Waals surface area contributed by atoms with Crippen LogP contribution in [0.4, 0.5) is 0 Å². The number of methoxy groups -OCH3 is 1. The third-order valence-corrected chi connectivity index (χ3v) is 4.43. The van der Waals surface area contributed by atoms with E-state index < -0.39 is 23.6 Å². The lowest BCUT2D eigenvalue weighted by Gasteiger charge is -2.36. The van der Waals surface area contributed by atoms with Crippen molar-refractivity contribution >= 4 is 17.7 Å². The fourth-order valence-corrected chi connectivity index (χ4v) is 2.57. The molecule has 4 N–H and O–H groups in total. The second kappa shape index (κ2) is 10.4. The average Bonchev–Trinajstić information content (AvgIpc) is 2.55. The smallest absolute Gasteiger partial charge is 0.245 e. The Kier molecular flexibility index (Phi) is 9.66. The fourth-order valence-electron chi connectivity index (χ4n) is 2.57. The third kappa shape index (κ3) is 6.99. The maximum Gasteiger partial charge on any atom is 0.245 e. The number of amides is 3. The maximum absolute atomic E-state index is 12.9. The summed E-state index contributed by atoms with van der Waals surface area (Å²) in [7, 11) is 4.64. The minimum absolute atomic E-state index is 0.129. The first kappa shape index (κ1) is 23.3. The van der Waals surface area contributed by atoms with Gasteiger partial charge in [0.15, 0.2) is 0 Å². The monoisotopic (exact) mass is 358 g/mol. The average molecular weight is 358 g/mol. The van der Waals surface area contributed by atoms with E-state index in [1.54, 1.807) is 7.05 Å². The van der Waals surface area contributed by atoms with Crippen molar-refractivity contribution in [3.8, 4) is 0 Å². The molecular formula is C17H34N4O4. The van der Waals surface area contributed by atoms with Crippen LogP contribution in [0.2, 0.25) is 0 Å². The number of carbonyl (C=O) groups excluding carboxylic acids is 3. The van der Waals surface area contributed by atoms with Crippen LogP contribution < -0.4 is 11.5 Å². The van der Waals surface area contributed by atoms with Crippen molar-refractivity contribution < 1.29 is 19.1 Å². The number of carbonyl (C=O) groups is 3. The molecule has 25 heavy (non-hydrogen) atoms. The molecule has 146 valence electrons. The van der Waals surface area contributed by atoms with Gasteiger partial charge in [-0.05, 0) is 33.2 Å². The van der Waals surface area contributed by atoms with E-state index >= 15 is 0 Å². The number of primary amides is 1. The molecule has 0 spiro atoms. The van der Waals surface area contributed by atoms with Crippen molar-refractivity contribution in [1.82, 2.24) is 9.80 Å². The second-order valence-corrected chi connectivity index (χ2v) is 6.88. The Hall–Kier alpha value is -1.67. The number of hydrogen-bond acceptors (Lipinski definition) is 5. The maximum atomic E-state index is 12.9. The van der Waals surface area contributed by atoms with Crippen molar-refractivity contribution in [3.05, 3.63) is 0 Å². The predicted octanol–water partition coefficient (Wildman–Crippen LogP) is 0.0897. The number of rotatable bonds is 11. The summed E-state index contributed by atoms with van der Waals surface area (Å²) in [6.45, 7) is 5.78. The quantitative estimate of drug-likeness (QED) is 0.542. The number of hydrogen-bond donors (Lipinski definition) is 2. The van der Waals surface area contributed by atoms with E-state index in [4.69, 9.17) is 16.2 Å². The lowest BCUT2D eigenvalue weighted by molar-refractivity contribution is -0.148. The highest BCUT2D eigenvalue weighted by Gasteiger charge is 2.36. The topological polar surface area (TPSA) is 119 Å². The van der Waals surface area contributed by atoms with Gasteiger partial charge in [-0.1, -0.05) is 6.92 Å². The van der Waals surface area contributed by atoms with Crippen LogP contribution in [0.3, 0.4) is 0 Å². The number of nitrogens with two attached hydrogens (primary N) is 2. The molecule has 0 fully saturated rings. The Morgan fingerprint density at radius 3 is 2.08 bits per heavy atom. The zero-order chi connectivity index (χ0) is 19.8. The number of ether oxygens (including phenoxy) is 1. The molecule has 0 aliphatic rings. The van der Waals surface area contributed by atoms with Crippen LogP contribution in [-0.4, -0.2) is 73.0 Å². The first-order chi connectivity index (χ1) is 11.5. The zero-order valence-electron chi connectivity index (χ0n) is 16.4. The summed E-state index contributed by atoms with van der Waals surface area (Å²) in [5, 5.41) is 0. The molecule has 0 aliphatic heterocycles. The van der Waals surface area contributed by atoms with Crippen molar-refractivity contribution in [3.63, 3.8) is 0 Å². The molecule has 0 aromatic carbocycles. The van der Waals surface area contributed by atoms with Crippen molar-refractivity contribution in [2.45, 2.75) is 64.1 Å².